The topological polar surface area (TPSA) is 71.3 Å². The minimum atomic E-state index is 0.540. The van der Waals surface area contributed by atoms with Crippen LogP contribution in [-0.2, 0) is 0 Å². The van der Waals surface area contributed by atoms with Crippen molar-refractivity contribution in [3.63, 3.8) is 0 Å². The third kappa shape index (κ3) is 7.14. The average Bonchev–Trinajstić information content (AvgIpc) is 1.49. The Hall–Kier alpha value is -11.2. The van der Waals surface area contributed by atoms with Crippen LogP contribution in [0.15, 0.2) is 249 Å². The van der Waals surface area contributed by atoms with Crippen molar-refractivity contribution in [2.75, 3.05) is 0 Å². The van der Waals surface area contributed by atoms with Gasteiger partial charge in [-0.1, -0.05) is 217 Å². The van der Waals surface area contributed by atoms with Crippen LogP contribution in [0.1, 0.15) is 18.1 Å². The molecule has 8 nitrogen and oxygen atoms in total. The average molecular weight is 1190 g/mol. The van der Waals surface area contributed by atoms with Gasteiger partial charge in [0.05, 0.1) is 54.9 Å². The molecule has 0 unspecified atom stereocenters. The SMILES string of the molecule is C/C=C\c1c(C)c2cccc3ccc4c(c1nn4-c1cccc(-n4nc5c6ccccc6c6cc(-c7ccc(-c8nn(-c9cccc(-n%10nc(-c%11ccccc%11)c%11c%12ccccc%12ccc%11%10)c9Cl)c9ccc%10ccccc%10c89)cc7)cc7ccc4c5c76)c1Cl)c32. The number of allylic oxidation sites excluding steroid dienone is 1. The van der Waals surface area contributed by atoms with Gasteiger partial charge in [0.25, 0.3) is 0 Å². The molecule has 0 aliphatic heterocycles. The van der Waals surface area contributed by atoms with E-state index >= 15 is 0 Å². The van der Waals surface area contributed by atoms with E-state index in [4.69, 9.17) is 43.6 Å². The molecule has 4 aromatic heterocycles. The van der Waals surface area contributed by atoms with Crippen molar-refractivity contribution in [1.29, 1.82) is 0 Å². The quantitative estimate of drug-likeness (QED) is 0.112. The predicted molar refractivity (Wildman–Crippen MR) is 376 cm³/mol. The van der Waals surface area contributed by atoms with Gasteiger partial charge in [-0.15, -0.1) is 0 Å². The van der Waals surface area contributed by atoms with E-state index in [2.05, 4.69) is 244 Å². The van der Waals surface area contributed by atoms with Crippen molar-refractivity contribution in [2.24, 2.45) is 0 Å². The van der Waals surface area contributed by atoms with Crippen LogP contribution < -0.4 is 0 Å². The summed E-state index contributed by atoms with van der Waals surface area (Å²) in [7, 11) is 0. The summed E-state index contributed by atoms with van der Waals surface area (Å²) in [5.41, 5.74) is 17.2. The first-order chi connectivity index (χ1) is 44.4. The molecule has 19 rings (SSSR count). The van der Waals surface area contributed by atoms with Crippen LogP contribution in [-0.4, -0.2) is 39.1 Å². The molecule has 0 amide bonds. The second kappa shape index (κ2) is 19.2. The first-order valence-corrected chi connectivity index (χ1v) is 31.1. The van der Waals surface area contributed by atoms with Crippen molar-refractivity contribution in [3.8, 4) is 56.4 Å². The van der Waals surface area contributed by atoms with Gasteiger partial charge < -0.3 is 0 Å². The van der Waals surface area contributed by atoms with E-state index in [1.54, 1.807) is 0 Å². The van der Waals surface area contributed by atoms with Crippen molar-refractivity contribution in [1.82, 2.24) is 39.1 Å². The molecule has 0 fully saturated rings. The molecule has 90 heavy (non-hydrogen) atoms. The summed E-state index contributed by atoms with van der Waals surface area (Å²) in [5.74, 6) is 0. The Labute approximate surface area is 524 Å². The van der Waals surface area contributed by atoms with E-state index in [1.807, 2.05) is 43.0 Å². The highest BCUT2D eigenvalue weighted by atomic mass is 35.5. The number of nitrogens with zero attached hydrogens (tertiary/aromatic N) is 8. The molecule has 15 aromatic carbocycles. The standard InChI is InChI=1S/C80H48Cl2N8/c1-3-16-55-45(2)54-26-13-21-49-37-41-63-73(69(49)54)79(55)85-89(63)67-29-15-30-68(76(67)82)90-64-42-38-52-43-53(44-60-58-24-11-12-25-59(58)80(86-90)74(64)70(52)60)46-31-33-51(34-32-46)78-72-57-23-10-8-18-48(57)36-40-62(72)88(84-78)66-28-14-27-65(75(66)81)87-61-39-35-47-17-7-9-22-56(47)71(61)77(83-87)50-19-5-4-6-20-50/h3-44H,1-2H3/b16-3-. The van der Waals surface area contributed by atoms with E-state index in [0.29, 0.717) is 10.0 Å². The summed E-state index contributed by atoms with van der Waals surface area (Å²) in [4.78, 5) is 0. The van der Waals surface area contributed by atoms with E-state index in [0.717, 1.165) is 160 Å². The van der Waals surface area contributed by atoms with Crippen molar-refractivity contribution >= 4 is 149 Å². The summed E-state index contributed by atoms with van der Waals surface area (Å²) < 4.78 is 8.06. The molecule has 0 aliphatic rings. The Bertz CT molecular complexity index is 6260. The van der Waals surface area contributed by atoms with Gasteiger partial charge in [-0.2, -0.15) is 20.4 Å². The van der Waals surface area contributed by atoms with Crippen molar-refractivity contribution in [2.45, 2.75) is 13.8 Å². The third-order valence-corrected chi connectivity index (χ3v) is 19.6. The first kappa shape index (κ1) is 50.9. The highest BCUT2D eigenvalue weighted by molar-refractivity contribution is 6.36. The molecular weight excluding hydrogens is 1140 g/mol. The highest BCUT2D eigenvalue weighted by Crippen LogP contribution is 2.47. The fourth-order valence-electron chi connectivity index (χ4n) is 14.8. The molecule has 4 heterocycles. The lowest BCUT2D eigenvalue weighted by atomic mass is 9.90. The van der Waals surface area contributed by atoms with Gasteiger partial charge in [-0.05, 0) is 140 Å². The largest absolute Gasteiger partial charge is 0.231 e. The van der Waals surface area contributed by atoms with Crippen LogP contribution in [0.5, 0.6) is 0 Å². The number of benzene rings is 15. The lowest BCUT2D eigenvalue weighted by Crippen LogP contribution is -2.03. The van der Waals surface area contributed by atoms with Crippen molar-refractivity contribution < 1.29 is 0 Å². The molecule has 10 heteroatoms. The maximum atomic E-state index is 7.72. The zero-order valence-electron chi connectivity index (χ0n) is 48.6. The summed E-state index contributed by atoms with van der Waals surface area (Å²) in [5, 5.41) is 41.1. The lowest BCUT2D eigenvalue weighted by molar-refractivity contribution is 0.890. The Morgan fingerprint density at radius 3 is 1.34 bits per heavy atom. The predicted octanol–water partition coefficient (Wildman–Crippen LogP) is 21.6. The molecule has 0 atom stereocenters. The molecule has 0 N–H and O–H groups in total. The van der Waals surface area contributed by atoms with Gasteiger partial charge in [0.1, 0.15) is 22.4 Å². The molecule has 0 spiro atoms. The van der Waals surface area contributed by atoms with Crippen molar-refractivity contribution in [3.05, 3.63) is 270 Å². The zero-order valence-corrected chi connectivity index (χ0v) is 50.1. The number of aromatic nitrogens is 8. The molecule has 0 bridgehead atoms. The Balaban J connectivity index is 0.728. The number of rotatable bonds is 8. The van der Waals surface area contributed by atoms with Crippen LogP contribution in [0.3, 0.4) is 0 Å². The number of halogens is 2. The van der Waals surface area contributed by atoms with Gasteiger partial charge in [-0.3, -0.25) is 0 Å². The number of aryl methyl sites for hydroxylation is 1. The third-order valence-electron chi connectivity index (χ3n) is 18.8. The van der Waals surface area contributed by atoms with E-state index in [9.17, 15) is 0 Å². The van der Waals surface area contributed by atoms with E-state index < -0.39 is 0 Å². The fourth-order valence-corrected chi connectivity index (χ4v) is 15.3. The zero-order chi connectivity index (χ0) is 59.6. The number of hydrogen-bond donors (Lipinski definition) is 0. The Morgan fingerprint density at radius 2 is 0.744 bits per heavy atom. The molecule has 0 aliphatic carbocycles. The summed E-state index contributed by atoms with van der Waals surface area (Å²) in [6.45, 7) is 4.26. The van der Waals surface area contributed by atoms with E-state index in [1.165, 1.54) is 27.1 Å². The normalized spacial score (nSPS) is 12.4. The van der Waals surface area contributed by atoms with Crippen LogP contribution in [0.2, 0.25) is 10.0 Å². The van der Waals surface area contributed by atoms with Crippen LogP contribution in [0, 0.1) is 6.92 Å². The Kier molecular flexibility index (Phi) is 10.8. The van der Waals surface area contributed by atoms with Gasteiger partial charge in [-0.25, -0.2) is 18.7 Å². The maximum Gasteiger partial charge on any atom is 0.102 e. The lowest BCUT2D eigenvalue weighted by Gasteiger charge is -2.14. The second-order valence-electron chi connectivity index (χ2n) is 23.6. The number of fused-ring (bicyclic) bond motifs is 9. The van der Waals surface area contributed by atoms with Gasteiger partial charge in [0.15, 0.2) is 0 Å². The first-order valence-electron chi connectivity index (χ1n) is 30.3. The molecule has 0 saturated carbocycles. The van der Waals surface area contributed by atoms with Crippen LogP contribution in [0.4, 0.5) is 0 Å². The Morgan fingerprint density at radius 1 is 0.311 bits per heavy atom. The minimum absolute atomic E-state index is 0.540. The highest BCUT2D eigenvalue weighted by Gasteiger charge is 2.27. The molecule has 19 aromatic rings. The molecule has 422 valence electrons. The minimum Gasteiger partial charge on any atom is -0.231 e. The summed E-state index contributed by atoms with van der Waals surface area (Å²) >= 11 is 15.4. The number of hydrogen-bond acceptors (Lipinski definition) is 4. The molecular formula is C80H48Cl2N8. The van der Waals surface area contributed by atoms with Crippen LogP contribution >= 0.6 is 23.2 Å². The fraction of sp³-hybridized carbons (Fsp3) is 0.0250. The molecule has 0 saturated heterocycles. The van der Waals surface area contributed by atoms with Crippen LogP contribution in [0.25, 0.3) is 182 Å². The monoisotopic (exact) mass is 1190 g/mol. The molecule has 0 radical (unpaired) electrons. The summed E-state index contributed by atoms with van der Waals surface area (Å²) in [6, 6.07) is 85.9. The van der Waals surface area contributed by atoms with Gasteiger partial charge in [0, 0.05) is 54.4 Å². The maximum absolute atomic E-state index is 7.72. The van der Waals surface area contributed by atoms with Gasteiger partial charge in [0.2, 0.25) is 0 Å². The smallest absolute Gasteiger partial charge is 0.102 e. The summed E-state index contributed by atoms with van der Waals surface area (Å²) in [6.07, 6.45) is 4.27. The van der Waals surface area contributed by atoms with Gasteiger partial charge >= 0.3 is 0 Å². The second-order valence-corrected chi connectivity index (χ2v) is 24.4. The van der Waals surface area contributed by atoms with E-state index in [-0.39, 0.29) is 0 Å².